The van der Waals surface area contributed by atoms with Crippen LogP contribution in [0.2, 0.25) is 0 Å². The Balaban J connectivity index is 2.27. The number of ether oxygens (including phenoxy) is 1. The predicted molar refractivity (Wildman–Crippen MR) is 65.9 cm³/mol. The minimum absolute atomic E-state index is 0.116. The van der Waals surface area contributed by atoms with Crippen LogP contribution in [0.3, 0.4) is 0 Å². The maximum absolute atomic E-state index is 12.2. The normalized spacial score (nSPS) is 21.4. The highest BCUT2D eigenvalue weighted by atomic mass is 16.5. The zero-order valence-corrected chi connectivity index (χ0v) is 10.5. The molecule has 2 unspecified atom stereocenters. The van der Waals surface area contributed by atoms with Gasteiger partial charge in [0, 0.05) is 5.92 Å². The third kappa shape index (κ3) is 2.23. The predicted octanol–water partition coefficient (Wildman–Crippen LogP) is 2.16. The lowest BCUT2D eigenvalue weighted by molar-refractivity contribution is -0.138. The second-order valence-electron chi connectivity index (χ2n) is 4.54. The van der Waals surface area contributed by atoms with Crippen molar-refractivity contribution in [2.45, 2.75) is 19.8 Å². The Morgan fingerprint density at radius 1 is 1.39 bits per heavy atom. The first-order valence-corrected chi connectivity index (χ1v) is 6.02. The lowest BCUT2D eigenvalue weighted by Gasteiger charge is -2.09. The van der Waals surface area contributed by atoms with Crippen molar-refractivity contribution >= 4 is 11.8 Å². The average Bonchev–Trinajstić information content (AvgIpc) is 3.17. The Morgan fingerprint density at radius 3 is 2.61 bits per heavy atom. The first-order chi connectivity index (χ1) is 8.58. The minimum Gasteiger partial charge on any atom is -0.496 e. The summed E-state index contributed by atoms with van der Waals surface area (Å²) >= 11 is 0. The fraction of sp³-hybridized carbons (Fsp3) is 0.429. The highest BCUT2D eigenvalue weighted by molar-refractivity contribution is 6.04. The smallest absolute Gasteiger partial charge is 0.307 e. The molecule has 0 aromatic heterocycles. The lowest BCUT2D eigenvalue weighted by Crippen LogP contribution is -2.10. The number of carboxylic acid groups (broad SMARTS) is 1. The molecule has 1 aliphatic carbocycles. The first kappa shape index (κ1) is 12.6. The van der Waals surface area contributed by atoms with E-state index in [1.165, 1.54) is 7.11 Å². The molecule has 0 bridgehead atoms. The molecule has 96 valence electrons. The fourth-order valence-electron chi connectivity index (χ4n) is 2.13. The molecule has 1 aromatic rings. The number of rotatable bonds is 5. The summed E-state index contributed by atoms with van der Waals surface area (Å²) in [7, 11) is 1.51. The maximum Gasteiger partial charge on any atom is 0.307 e. The average molecular weight is 248 g/mol. The third-order valence-corrected chi connectivity index (χ3v) is 3.38. The Morgan fingerprint density at radius 2 is 2.11 bits per heavy atom. The summed E-state index contributed by atoms with van der Waals surface area (Å²) in [6.45, 7) is 2.01. The van der Waals surface area contributed by atoms with Gasteiger partial charge < -0.3 is 9.84 Å². The summed E-state index contributed by atoms with van der Waals surface area (Å²) < 4.78 is 5.17. The largest absolute Gasteiger partial charge is 0.496 e. The van der Waals surface area contributed by atoms with Gasteiger partial charge in [-0.1, -0.05) is 13.0 Å². The molecule has 18 heavy (non-hydrogen) atoms. The van der Waals surface area contributed by atoms with Crippen LogP contribution >= 0.6 is 0 Å². The lowest BCUT2D eigenvalue weighted by atomic mass is 10.0. The number of benzene rings is 1. The van der Waals surface area contributed by atoms with Gasteiger partial charge in [-0.15, -0.1) is 0 Å². The van der Waals surface area contributed by atoms with Gasteiger partial charge in [0.05, 0.1) is 18.6 Å². The number of hydrogen-bond acceptors (Lipinski definition) is 3. The van der Waals surface area contributed by atoms with Crippen molar-refractivity contribution in [2.24, 2.45) is 11.8 Å². The SMILES string of the molecule is CCc1ccc(OC)c(C(=O)C2CC2C(=O)O)c1. The zero-order valence-electron chi connectivity index (χ0n) is 10.5. The molecule has 1 saturated carbocycles. The van der Waals surface area contributed by atoms with Crippen LogP contribution in [0.15, 0.2) is 18.2 Å². The topological polar surface area (TPSA) is 63.6 Å². The van der Waals surface area contributed by atoms with E-state index in [0.29, 0.717) is 17.7 Å². The Bertz CT molecular complexity index is 493. The van der Waals surface area contributed by atoms with Gasteiger partial charge in [-0.05, 0) is 30.5 Å². The number of carbonyl (C=O) groups excluding carboxylic acids is 1. The molecular weight excluding hydrogens is 232 g/mol. The Labute approximate surface area is 106 Å². The molecule has 0 heterocycles. The molecule has 0 radical (unpaired) electrons. The van der Waals surface area contributed by atoms with Crippen molar-refractivity contribution in [3.05, 3.63) is 29.3 Å². The molecule has 1 aliphatic rings. The van der Waals surface area contributed by atoms with E-state index in [1.807, 2.05) is 13.0 Å². The first-order valence-electron chi connectivity index (χ1n) is 6.02. The number of carboxylic acids is 1. The molecule has 1 aromatic carbocycles. The summed E-state index contributed by atoms with van der Waals surface area (Å²) in [5.41, 5.74) is 1.55. The number of Topliss-reactive ketones (excluding diaryl/α,β-unsaturated/α-hetero) is 1. The van der Waals surface area contributed by atoms with Gasteiger partial charge in [0.25, 0.3) is 0 Å². The minimum atomic E-state index is -0.890. The van der Waals surface area contributed by atoms with Crippen LogP contribution in [-0.2, 0) is 11.2 Å². The van der Waals surface area contributed by atoms with E-state index >= 15 is 0 Å². The molecule has 0 amide bonds. The fourth-order valence-corrected chi connectivity index (χ4v) is 2.13. The van der Waals surface area contributed by atoms with Gasteiger partial charge in [0.2, 0.25) is 0 Å². The highest BCUT2D eigenvalue weighted by Gasteiger charge is 2.48. The van der Waals surface area contributed by atoms with E-state index in [0.717, 1.165) is 12.0 Å². The summed E-state index contributed by atoms with van der Waals surface area (Å²) in [6.07, 6.45) is 1.27. The number of carbonyl (C=O) groups is 2. The van der Waals surface area contributed by atoms with Gasteiger partial charge in [-0.2, -0.15) is 0 Å². The Kier molecular flexibility index (Phi) is 3.36. The summed E-state index contributed by atoms with van der Waals surface area (Å²) in [5, 5.41) is 8.86. The third-order valence-electron chi connectivity index (χ3n) is 3.38. The van der Waals surface area contributed by atoms with Crippen LogP contribution < -0.4 is 4.74 Å². The Hall–Kier alpha value is -1.84. The molecule has 1 fully saturated rings. The highest BCUT2D eigenvalue weighted by Crippen LogP contribution is 2.42. The molecule has 0 aliphatic heterocycles. The van der Waals surface area contributed by atoms with Crippen LogP contribution in [-0.4, -0.2) is 24.0 Å². The van der Waals surface area contributed by atoms with Crippen LogP contribution in [0.25, 0.3) is 0 Å². The number of aryl methyl sites for hydroxylation is 1. The van der Waals surface area contributed by atoms with Gasteiger partial charge >= 0.3 is 5.97 Å². The van der Waals surface area contributed by atoms with Crippen molar-refractivity contribution in [1.29, 1.82) is 0 Å². The van der Waals surface area contributed by atoms with E-state index in [4.69, 9.17) is 9.84 Å². The van der Waals surface area contributed by atoms with Crippen LogP contribution in [0.4, 0.5) is 0 Å². The zero-order chi connectivity index (χ0) is 13.3. The maximum atomic E-state index is 12.2. The van der Waals surface area contributed by atoms with Crippen LogP contribution in [0.5, 0.6) is 5.75 Å². The molecular formula is C14H16O4. The van der Waals surface area contributed by atoms with Gasteiger partial charge in [0.15, 0.2) is 5.78 Å². The molecule has 2 atom stereocenters. The van der Waals surface area contributed by atoms with Crippen molar-refractivity contribution < 1.29 is 19.4 Å². The monoisotopic (exact) mass is 248 g/mol. The number of hydrogen-bond donors (Lipinski definition) is 1. The number of aliphatic carboxylic acids is 1. The van der Waals surface area contributed by atoms with Crippen molar-refractivity contribution in [3.63, 3.8) is 0 Å². The van der Waals surface area contributed by atoms with Gasteiger partial charge in [-0.25, -0.2) is 0 Å². The van der Waals surface area contributed by atoms with E-state index in [9.17, 15) is 9.59 Å². The van der Waals surface area contributed by atoms with E-state index in [2.05, 4.69) is 0 Å². The molecule has 2 rings (SSSR count). The quantitative estimate of drug-likeness (QED) is 0.811. The van der Waals surface area contributed by atoms with Gasteiger partial charge in [0.1, 0.15) is 5.75 Å². The summed E-state index contributed by atoms with van der Waals surface area (Å²) in [6, 6.07) is 5.49. The molecule has 4 heteroatoms. The van der Waals surface area contributed by atoms with E-state index in [-0.39, 0.29) is 11.7 Å². The van der Waals surface area contributed by atoms with E-state index < -0.39 is 11.9 Å². The summed E-state index contributed by atoms with van der Waals surface area (Å²) in [4.78, 5) is 23.0. The second kappa shape index (κ2) is 4.80. The van der Waals surface area contributed by atoms with E-state index in [1.54, 1.807) is 12.1 Å². The van der Waals surface area contributed by atoms with Crippen LogP contribution in [0.1, 0.15) is 29.3 Å². The van der Waals surface area contributed by atoms with Crippen molar-refractivity contribution in [2.75, 3.05) is 7.11 Å². The number of methoxy groups -OCH3 is 1. The second-order valence-corrected chi connectivity index (χ2v) is 4.54. The van der Waals surface area contributed by atoms with Crippen LogP contribution in [0, 0.1) is 11.8 Å². The van der Waals surface area contributed by atoms with Gasteiger partial charge in [-0.3, -0.25) is 9.59 Å². The molecule has 0 spiro atoms. The standard InChI is InChI=1S/C14H16O4/c1-3-8-4-5-12(18-2)11(6-8)13(15)9-7-10(9)14(16)17/h4-6,9-10H,3,7H2,1-2H3,(H,16,17). The molecule has 4 nitrogen and oxygen atoms in total. The van der Waals surface area contributed by atoms with Crippen molar-refractivity contribution in [1.82, 2.24) is 0 Å². The molecule has 0 saturated heterocycles. The molecule has 1 N–H and O–H groups in total. The number of ketones is 1. The van der Waals surface area contributed by atoms with Crippen molar-refractivity contribution in [3.8, 4) is 5.75 Å². The summed E-state index contributed by atoms with van der Waals surface area (Å²) in [5.74, 6) is -1.39.